The fourth-order valence-electron chi connectivity index (χ4n) is 6.75. The fraction of sp³-hybridized carbons (Fsp3) is 0.100. The molecular weight excluding hydrogens is 1270 g/mol. The van der Waals surface area contributed by atoms with Gasteiger partial charge >= 0.3 is 24.7 Å². The summed E-state index contributed by atoms with van der Waals surface area (Å²) in [5.41, 5.74) is -16.2. The number of alkyl halides is 12. The average Bonchev–Trinajstić information content (AvgIpc) is 3.31. The van der Waals surface area contributed by atoms with Crippen LogP contribution < -0.4 is 32.8 Å². The molecule has 0 aromatic heterocycles. The van der Waals surface area contributed by atoms with Gasteiger partial charge < -0.3 is 0 Å². The number of benzene rings is 6. The third-order valence-corrected chi connectivity index (χ3v) is 14.6. The molecule has 6 rings (SSSR count). The van der Waals surface area contributed by atoms with Crippen LogP contribution in [-0.2, 0) is 24.7 Å². The van der Waals surface area contributed by atoms with Gasteiger partial charge in [0.1, 0.15) is 0 Å². The van der Waals surface area contributed by atoms with E-state index in [9.17, 15) is 96.6 Å². The van der Waals surface area contributed by atoms with Crippen LogP contribution >= 0.6 is 116 Å². The van der Waals surface area contributed by atoms with Gasteiger partial charge in [0.25, 0.3) is 13.4 Å². The van der Waals surface area contributed by atoms with Crippen molar-refractivity contribution in [2.45, 2.75) is 24.7 Å². The second kappa shape index (κ2) is 21.9. The number of hydrogen-bond acceptors (Lipinski definition) is 0. The van der Waals surface area contributed by atoms with Crippen LogP contribution in [-0.4, -0.2) is 13.4 Å². The highest BCUT2D eigenvalue weighted by molar-refractivity contribution is 6.99. The Hall–Kier alpha value is -3.19. The molecule has 0 spiro atoms. The molecule has 0 bridgehead atoms. The van der Waals surface area contributed by atoms with Crippen LogP contribution in [0, 0.1) is 58.2 Å². The first-order valence-electron chi connectivity index (χ1n) is 18.2. The Balaban J connectivity index is 0.000000274. The van der Waals surface area contributed by atoms with Gasteiger partial charge in [-0.15, -0.1) is 0 Å². The van der Waals surface area contributed by atoms with Crippen molar-refractivity contribution in [3.05, 3.63) is 167 Å². The lowest BCUT2D eigenvalue weighted by Crippen LogP contribution is -2.56. The normalized spacial score (nSPS) is 12.3. The van der Waals surface area contributed by atoms with E-state index >= 15 is 0 Å². The van der Waals surface area contributed by atoms with E-state index in [0.29, 0.717) is 0 Å². The van der Waals surface area contributed by atoms with Gasteiger partial charge in [-0.05, 0) is 23.1 Å². The number of halogens is 32. The zero-order chi connectivity index (χ0) is 56.7. The summed E-state index contributed by atoms with van der Waals surface area (Å²) in [6.45, 7) is -5.39. The third kappa shape index (κ3) is 11.6. The first-order chi connectivity index (χ1) is 33.6. The van der Waals surface area contributed by atoms with Gasteiger partial charge in [0, 0.05) is 10.9 Å². The van der Waals surface area contributed by atoms with E-state index in [1.165, 1.54) is 0 Å². The van der Waals surface area contributed by atoms with E-state index in [-0.39, 0.29) is 36.4 Å². The monoisotopic (exact) mass is 1280 g/mol. The number of hydrogen-bond donors (Lipinski definition) is 0. The molecule has 0 saturated heterocycles. The van der Waals surface area contributed by atoms with Gasteiger partial charge in [0.05, 0.1) is 72.5 Å². The van der Waals surface area contributed by atoms with Gasteiger partial charge in [0.15, 0.2) is 58.2 Å². The van der Waals surface area contributed by atoms with Crippen LogP contribution in [0.5, 0.6) is 0 Å². The van der Waals surface area contributed by atoms with E-state index < -0.39 is 202 Å². The van der Waals surface area contributed by atoms with Gasteiger partial charge in [-0.25, -0.2) is 43.9 Å². The maximum Gasteiger partial charge on any atom is 0.416 e. The second-order valence-electron chi connectivity index (χ2n) is 14.5. The van der Waals surface area contributed by atoms with Gasteiger partial charge in [-0.3, -0.25) is 0 Å². The van der Waals surface area contributed by atoms with Crippen molar-refractivity contribution in [1.29, 1.82) is 0 Å². The molecule has 0 saturated carbocycles. The molecule has 6 aromatic rings. The molecule has 0 atom stereocenters. The second-order valence-corrected chi connectivity index (χ2v) is 18.3. The molecule has 396 valence electrons. The molecule has 0 aliphatic carbocycles. The topological polar surface area (TPSA) is 0 Å². The summed E-state index contributed by atoms with van der Waals surface area (Å²) in [7, 11) is 0. The lowest BCUT2D eigenvalue weighted by molar-refractivity contribution is -0.144. The van der Waals surface area contributed by atoms with Crippen LogP contribution in [0.3, 0.4) is 0 Å². The van der Waals surface area contributed by atoms with E-state index in [0.717, 1.165) is 0 Å². The van der Waals surface area contributed by atoms with Crippen molar-refractivity contribution in [3.63, 3.8) is 0 Å². The first kappa shape index (κ1) is 61.7. The predicted octanol–water partition coefficient (Wildman–Crippen LogP) is 16.4. The Morgan fingerprint density at radius 1 is 0.230 bits per heavy atom. The van der Waals surface area contributed by atoms with Crippen LogP contribution in [0.25, 0.3) is 0 Å². The molecule has 0 amide bonds. The van der Waals surface area contributed by atoms with Crippen molar-refractivity contribution in [2.24, 2.45) is 0 Å². The predicted molar refractivity (Wildman–Crippen MR) is 238 cm³/mol. The minimum absolute atomic E-state index is 0.0129. The van der Waals surface area contributed by atoms with Crippen molar-refractivity contribution in [2.75, 3.05) is 0 Å². The van der Waals surface area contributed by atoms with Gasteiger partial charge in [0.2, 0.25) is 0 Å². The Bertz CT molecular complexity index is 2730. The molecule has 0 fully saturated rings. The SMILES string of the molecule is Fc1c(F)c(F)c(B(c2cc(C(F)(F)F)cc(C(F)(F)F)c2)c2c(Cl)c(Cl)c(Cl)c(Cl)c2Cl)c(F)c1F.Fc1c(F)c(F)c(B(c2cc(C(F)(F)F)cc(C(F)(F)F)c2)c2c(Cl)c(Cl)c(Cl)c(Cl)c2Cl)c(F)c1F. The largest absolute Gasteiger partial charge is 0.416 e. The molecule has 0 unspecified atom stereocenters. The minimum atomic E-state index is -5.46. The smallest absolute Gasteiger partial charge is 0.204 e. The van der Waals surface area contributed by atoms with Crippen LogP contribution in [0.4, 0.5) is 96.6 Å². The molecule has 0 aliphatic heterocycles. The van der Waals surface area contributed by atoms with Gasteiger partial charge in [-0.1, -0.05) is 151 Å². The maximum atomic E-state index is 14.9. The van der Waals surface area contributed by atoms with Crippen LogP contribution in [0.2, 0.25) is 50.2 Å². The highest BCUT2D eigenvalue weighted by atomic mass is 35.5. The third-order valence-electron chi connectivity index (χ3n) is 10.0. The van der Waals surface area contributed by atoms with Gasteiger partial charge in [-0.2, -0.15) is 52.7 Å². The lowest BCUT2D eigenvalue weighted by Gasteiger charge is -2.23. The highest BCUT2D eigenvalue weighted by Crippen LogP contribution is 2.43. The summed E-state index contributed by atoms with van der Waals surface area (Å²) in [6, 6.07) is -0.710. The summed E-state index contributed by atoms with van der Waals surface area (Å²) < 4.78 is 305. The summed E-state index contributed by atoms with van der Waals surface area (Å²) in [4.78, 5) is 0. The fourth-order valence-corrected chi connectivity index (χ4v) is 9.49. The first-order valence-corrected chi connectivity index (χ1v) is 22.0. The molecule has 0 aliphatic rings. The van der Waals surface area contributed by atoms with E-state index in [4.69, 9.17) is 116 Å². The Kier molecular flexibility index (Phi) is 18.3. The standard InChI is InChI=1S/2C20H3BCl5F11/c2*22-9-7(10(23)12(25)13(26)11(9)24)21(8-14(27)16(29)18(31)17(30)15(8)28)6-2-4(19(32,33)34)1-5(3-6)20(35,36)37/h2*1-3H. The van der Waals surface area contributed by atoms with Crippen molar-refractivity contribution >= 4 is 162 Å². The summed E-state index contributed by atoms with van der Waals surface area (Å²) in [5, 5.41) is -7.70. The van der Waals surface area contributed by atoms with Crippen molar-refractivity contribution in [3.8, 4) is 0 Å². The molecule has 0 N–H and O–H groups in total. The molecule has 0 radical (unpaired) electrons. The Morgan fingerprint density at radius 2 is 0.392 bits per heavy atom. The molecule has 6 aromatic carbocycles. The highest BCUT2D eigenvalue weighted by Gasteiger charge is 2.45. The summed E-state index contributed by atoms with van der Waals surface area (Å²) in [6.07, 6.45) is -21.8. The van der Waals surface area contributed by atoms with Crippen LogP contribution in [0.1, 0.15) is 22.3 Å². The zero-order valence-corrected chi connectivity index (χ0v) is 41.3. The summed E-state index contributed by atoms with van der Waals surface area (Å²) >= 11 is 59.3. The quantitative estimate of drug-likeness (QED) is 0.0675. The Morgan fingerprint density at radius 3 is 0.568 bits per heavy atom. The molecule has 74 heavy (non-hydrogen) atoms. The lowest BCUT2D eigenvalue weighted by atomic mass is 9.36. The molecule has 0 heterocycles. The maximum absolute atomic E-state index is 14.9. The van der Waals surface area contributed by atoms with E-state index in [1.54, 1.807) is 0 Å². The van der Waals surface area contributed by atoms with Crippen LogP contribution in [0.15, 0.2) is 36.4 Å². The minimum Gasteiger partial charge on any atom is -0.204 e. The molecular formula is C40H6B2Cl10F22. The average molecular weight is 1280 g/mol. The van der Waals surface area contributed by atoms with Crippen molar-refractivity contribution < 1.29 is 96.6 Å². The Labute approximate surface area is 448 Å². The number of rotatable bonds is 6. The zero-order valence-electron chi connectivity index (χ0n) is 33.7. The van der Waals surface area contributed by atoms with E-state index in [2.05, 4.69) is 0 Å². The van der Waals surface area contributed by atoms with Crippen molar-refractivity contribution in [1.82, 2.24) is 0 Å². The molecule has 0 nitrogen and oxygen atoms in total. The summed E-state index contributed by atoms with van der Waals surface area (Å²) in [5.74, 6) is -25.9. The van der Waals surface area contributed by atoms with E-state index in [1.807, 2.05) is 0 Å². The molecule has 34 heteroatoms.